The minimum absolute atomic E-state index is 0.236. The molecular formula is C20H26FN3O3. The molecule has 0 aliphatic carbocycles. The maximum absolute atomic E-state index is 13.3. The van der Waals surface area contributed by atoms with Crippen molar-refractivity contribution in [3.8, 4) is 0 Å². The average Bonchev–Trinajstić information content (AvgIpc) is 2.64. The van der Waals surface area contributed by atoms with Gasteiger partial charge in [-0.15, -0.1) is 0 Å². The molecule has 2 amide bonds. The van der Waals surface area contributed by atoms with Gasteiger partial charge in [-0.2, -0.15) is 0 Å². The first-order valence-electron chi connectivity index (χ1n) is 9.46. The molecule has 2 N–H and O–H groups in total. The highest BCUT2D eigenvalue weighted by atomic mass is 19.1. The number of carbonyl (C=O) groups is 2. The topological polar surface area (TPSA) is 70.7 Å². The zero-order chi connectivity index (χ0) is 19.4. The Labute approximate surface area is 158 Å². The van der Waals surface area contributed by atoms with E-state index in [1.165, 1.54) is 18.6 Å². The maximum Gasteiger partial charge on any atom is 0.338 e. The molecule has 1 saturated heterocycles. The molecule has 2 aliphatic heterocycles. The fraction of sp³-hybridized carbons (Fsp3) is 0.500. The van der Waals surface area contributed by atoms with E-state index in [2.05, 4.69) is 22.5 Å². The van der Waals surface area contributed by atoms with Gasteiger partial charge in [0.05, 0.1) is 18.2 Å². The number of nitrogens with one attached hydrogen (secondary N) is 2. The molecule has 0 bridgehead atoms. The number of likely N-dealkylation sites (tertiary alicyclic amines) is 1. The van der Waals surface area contributed by atoms with Crippen molar-refractivity contribution in [1.82, 2.24) is 15.5 Å². The number of ether oxygens (including phenoxy) is 1. The van der Waals surface area contributed by atoms with Crippen molar-refractivity contribution in [3.63, 3.8) is 0 Å². The molecular weight excluding hydrogens is 349 g/mol. The lowest BCUT2D eigenvalue weighted by molar-refractivity contribution is -0.139. The molecule has 1 fully saturated rings. The lowest BCUT2D eigenvalue weighted by Crippen LogP contribution is -2.50. The van der Waals surface area contributed by atoms with Crippen LogP contribution in [-0.4, -0.2) is 42.6 Å². The summed E-state index contributed by atoms with van der Waals surface area (Å²) in [7, 11) is 0. The van der Waals surface area contributed by atoms with Crippen molar-refractivity contribution >= 4 is 12.0 Å². The summed E-state index contributed by atoms with van der Waals surface area (Å²) < 4.78 is 18.6. The molecule has 0 aromatic heterocycles. The van der Waals surface area contributed by atoms with Crippen LogP contribution in [0.4, 0.5) is 9.18 Å². The first-order chi connectivity index (χ1) is 13.0. The highest BCUT2D eigenvalue weighted by Gasteiger charge is 2.35. The summed E-state index contributed by atoms with van der Waals surface area (Å²) in [4.78, 5) is 27.3. The molecule has 1 aromatic carbocycles. The largest absolute Gasteiger partial charge is 0.463 e. The summed E-state index contributed by atoms with van der Waals surface area (Å²) in [5.74, 6) is -0.845. The lowest BCUT2D eigenvalue weighted by atomic mass is 9.94. The van der Waals surface area contributed by atoms with Gasteiger partial charge in [0.25, 0.3) is 0 Å². The third-order valence-corrected chi connectivity index (χ3v) is 5.15. The van der Waals surface area contributed by atoms with Gasteiger partial charge in [-0.3, -0.25) is 4.90 Å². The van der Waals surface area contributed by atoms with Gasteiger partial charge in [0, 0.05) is 18.3 Å². The molecule has 2 atom stereocenters. The summed E-state index contributed by atoms with van der Waals surface area (Å²) in [5.41, 5.74) is 1.57. The van der Waals surface area contributed by atoms with Crippen LogP contribution in [0.5, 0.6) is 0 Å². The third kappa shape index (κ3) is 4.47. The maximum atomic E-state index is 13.3. The Morgan fingerprint density at radius 1 is 1.30 bits per heavy atom. The molecule has 3 rings (SSSR count). The number of urea groups is 1. The first kappa shape index (κ1) is 19.4. The molecule has 146 valence electrons. The Hall–Kier alpha value is -2.41. The zero-order valence-electron chi connectivity index (χ0n) is 15.8. The Morgan fingerprint density at radius 2 is 2.04 bits per heavy atom. The minimum Gasteiger partial charge on any atom is -0.463 e. The van der Waals surface area contributed by atoms with E-state index in [0.717, 1.165) is 19.4 Å². The van der Waals surface area contributed by atoms with Gasteiger partial charge >= 0.3 is 12.0 Å². The van der Waals surface area contributed by atoms with E-state index < -0.39 is 12.0 Å². The number of benzene rings is 1. The van der Waals surface area contributed by atoms with Gasteiger partial charge in [-0.25, -0.2) is 14.0 Å². The Bertz CT molecular complexity index is 732. The van der Waals surface area contributed by atoms with Crippen LogP contribution in [0.2, 0.25) is 0 Å². The van der Waals surface area contributed by atoms with Crippen LogP contribution < -0.4 is 10.6 Å². The highest BCUT2D eigenvalue weighted by Crippen LogP contribution is 2.29. The van der Waals surface area contributed by atoms with E-state index in [1.54, 1.807) is 19.1 Å². The van der Waals surface area contributed by atoms with Crippen LogP contribution in [0, 0.1) is 5.82 Å². The molecule has 0 saturated carbocycles. The Morgan fingerprint density at radius 3 is 2.70 bits per heavy atom. The summed E-state index contributed by atoms with van der Waals surface area (Å²) >= 11 is 0. The number of esters is 1. The van der Waals surface area contributed by atoms with Crippen LogP contribution in [0.1, 0.15) is 44.7 Å². The number of carbonyl (C=O) groups excluding carboxylic acids is 2. The normalized spacial score (nSPS) is 23.6. The predicted octanol–water partition coefficient (Wildman–Crippen LogP) is 2.87. The van der Waals surface area contributed by atoms with Gasteiger partial charge in [0.2, 0.25) is 0 Å². The molecule has 6 nitrogen and oxygen atoms in total. The van der Waals surface area contributed by atoms with Crippen LogP contribution in [0.3, 0.4) is 0 Å². The van der Waals surface area contributed by atoms with E-state index in [4.69, 9.17) is 4.74 Å². The summed E-state index contributed by atoms with van der Waals surface area (Å²) in [6.45, 7) is 5.53. The average molecular weight is 375 g/mol. The smallest absolute Gasteiger partial charge is 0.338 e. The van der Waals surface area contributed by atoms with Crippen molar-refractivity contribution in [3.05, 3.63) is 46.9 Å². The summed E-state index contributed by atoms with van der Waals surface area (Å²) in [6, 6.07) is 5.12. The van der Waals surface area contributed by atoms with Crippen LogP contribution in [0.15, 0.2) is 35.5 Å². The summed E-state index contributed by atoms with van der Waals surface area (Å²) in [5, 5.41) is 5.57. The van der Waals surface area contributed by atoms with Gasteiger partial charge < -0.3 is 15.4 Å². The molecule has 27 heavy (non-hydrogen) atoms. The van der Waals surface area contributed by atoms with Gasteiger partial charge in [-0.05, 0) is 50.9 Å². The van der Waals surface area contributed by atoms with E-state index >= 15 is 0 Å². The molecule has 2 aliphatic rings. The van der Waals surface area contributed by atoms with Crippen molar-refractivity contribution in [1.29, 1.82) is 0 Å². The van der Waals surface area contributed by atoms with E-state index in [9.17, 15) is 14.0 Å². The molecule has 2 unspecified atom stereocenters. The number of rotatable bonds is 5. The van der Waals surface area contributed by atoms with E-state index in [0.29, 0.717) is 29.4 Å². The van der Waals surface area contributed by atoms with Gasteiger partial charge in [0.1, 0.15) is 5.82 Å². The number of hydrogen-bond donors (Lipinski definition) is 2. The molecule has 7 heteroatoms. The van der Waals surface area contributed by atoms with Gasteiger partial charge in [-0.1, -0.05) is 18.6 Å². The molecule has 2 heterocycles. The number of nitrogens with zero attached hydrogens (tertiary/aromatic N) is 1. The van der Waals surface area contributed by atoms with Crippen LogP contribution in [-0.2, 0) is 9.53 Å². The fourth-order valence-electron chi connectivity index (χ4n) is 3.69. The lowest BCUT2D eigenvalue weighted by Gasteiger charge is -2.36. The monoisotopic (exact) mass is 375 g/mol. The van der Waals surface area contributed by atoms with Crippen molar-refractivity contribution < 1.29 is 18.7 Å². The second kappa shape index (κ2) is 8.52. The zero-order valence-corrected chi connectivity index (χ0v) is 15.8. The Balaban J connectivity index is 1.98. The predicted molar refractivity (Wildman–Crippen MR) is 99.4 cm³/mol. The standard InChI is InChI=1S/C20H26FN3O3/c1-3-27-19(25)17-16(12-24-11-5-4-6-13(24)2)22-20(26)23-18(17)14-7-9-15(21)10-8-14/h7-10,13,18H,3-6,11-12H2,1-2H3,(H2,22,23,26). The number of hydrogen-bond acceptors (Lipinski definition) is 4. The fourth-order valence-corrected chi connectivity index (χ4v) is 3.69. The second-order valence-corrected chi connectivity index (χ2v) is 7.01. The quantitative estimate of drug-likeness (QED) is 0.777. The molecule has 0 radical (unpaired) electrons. The third-order valence-electron chi connectivity index (χ3n) is 5.15. The van der Waals surface area contributed by atoms with E-state index in [-0.39, 0.29) is 18.5 Å². The van der Waals surface area contributed by atoms with E-state index in [1.807, 2.05) is 0 Å². The second-order valence-electron chi connectivity index (χ2n) is 7.01. The van der Waals surface area contributed by atoms with Crippen LogP contribution in [0.25, 0.3) is 0 Å². The number of amides is 2. The van der Waals surface area contributed by atoms with Crippen molar-refractivity contribution in [2.75, 3.05) is 19.7 Å². The number of piperidine rings is 1. The first-order valence-corrected chi connectivity index (χ1v) is 9.46. The van der Waals surface area contributed by atoms with Crippen LogP contribution >= 0.6 is 0 Å². The van der Waals surface area contributed by atoms with Crippen molar-refractivity contribution in [2.24, 2.45) is 0 Å². The molecule has 0 spiro atoms. The van der Waals surface area contributed by atoms with Crippen molar-refractivity contribution in [2.45, 2.75) is 45.2 Å². The molecule has 1 aromatic rings. The minimum atomic E-state index is -0.673. The number of halogens is 1. The van der Waals surface area contributed by atoms with Gasteiger partial charge in [0.15, 0.2) is 0 Å². The SMILES string of the molecule is CCOC(=O)C1=C(CN2CCCCC2C)NC(=O)NC1c1ccc(F)cc1. The summed E-state index contributed by atoms with van der Waals surface area (Å²) in [6.07, 6.45) is 3.38. The Kier molecular flexibility index (Phi) is 6.11. The highest BCUT2D eigenvalue weighted by molar-refractivity contribution is 5.95.